The molecule has 2 atom stereocenters. The summed E-state index contributed by atoms with van der Waals surface area (Å²) in [4.78, 5) is 11.2. The molecule has 5 nitrogen and oxygen atoms in total. The number of rotatable bonds is 2. The molecule has 2 aromatic rings. The smallest absolute Gasteiger partial charge is 0.153 e. The normalized spacial score (nSPS) is 21.0. The van der Waals surface area contributed by atoms with E-state index in [0.29, 0.717) is 29.4 Å². The van der Waals surface area contributed by atoms with Crippen molar-refractivity contribution in [2.45, 2.75) is 12.0 Å². The Morgan fingerprint density at radius 3 is 2.86 bits per heavy atom. The van der Waals surface area contributed by atoms with Crippen LogP contribution in [-0.2, 0) is 0 Å². The molecule has 0 radical (unpaired) electrons. The van der Waals surface area contributed by atoms with Crippen LogP contribution in [0.2, 0.25) is 0 Å². The average molecular weight is 298 g/mol. The van der Waals surface area contributed by atoms with Gasteiger partial charge in [-0.25, -0.2) is 0 Å². The molecule has 0 aromatic heterocycles. The van der Waals surface area contributed by atoms with Gasteiger partial charge in [0.1, 0.15) is 29.1 Å². The van der Waals surface area contributed by atoms with Gasteiger partial charge in [-0.3, -0.25) is 4.79 Å². The van der Waals surface area contributed by atoms with Gasteiger partial charge < -0.3 is 19.3 Å². The number of aldehydes is 1. The van der Waals surface area contributed by atoms with Crippen LogP contribution in [0.4, 0.5) is 0 Å². The number of phenolic OH excluding ortho intramolecular Hbond substituents is 1. The maximum absolute atomic E-state index is 11.2. The van der Waals surface area contributed by atoms with E-state index in [0.717, 1.165) is 17.4 Å². The lowest BCUT2D eigenvalue weighted by atomic mass is 9.88. The predicted octanol–water partition coefficient (Wildman–Crippen LogP) is 2.82. The van der Waals surface area contributed by atoms with Crippen LogP contribution >= 0.6 is 0 Å². The molecular weight excluding hydrogens is 284 g/mol. The fourth-order valence-corrected chi connectivity index (χ4v) is 3.16. The molecule has 0 amide bonds. The minimum atomic E-state index is -0.217. The monoisotopic (exact) mass is 298 g/mol. The lowest BCUT2D eigenvalue weighted by molar-refractivity contribution is 0.111. The van der Waals surface area contributed by atoms with E-state index in [1.807, 2.05) is 6.07 Å². The summed E-state index contributed by atoms with van der Waals surface area (Å²) in [5.41, 5.74) is 2.31. The number of fused-ring (bicyclic) bond motifs is 5. The van der Waals surface area contributed by atoms with Crippen LogP contribution in [0.5, 0.6) is 23.0 Å². The second-order valence-electron chi connectivity index (χ2n) is 5.43. The van der Waals surface area contributed by atoms with E-state index < -0.39 is 0 Å². The van der Waals surface area contributed by atoms with Gasteiger partial charge in [0.25, 0.3) is 0 Å². The molecule has 2 aliphatic heterocycles. The fraction of sp³-hybridized carbons (Fsp3) is 0.235. The minimum absolute atomic E-state index is 0.0518. The van der Waals surface area contributed by atoms with Gasteiger partial charge in [0.15, 0.2) is 6.29 Å². The van der Waals surface area contributed by atoms with Crippen molar-refractivity contribution >= 4 is 6.29 Å². The minimum Gasteiger partial charge on any atom is -0.508 e. The summed E-state index contributed by atoms with van der Waals surface area (Å²) in [5, 5.41) is 9.60. The number of methoxy groups -OCH3 is 1. The van der Waals surface area contributed by atoms with Crippen LogP contribution in [0.15, 0.2) is 30.3 Å². The number of hydrogen-bond acceptors (Lipinski definition) is 5. The summed E-state index contributed by atoms with van der Waals surface area (Å²) in [6.07, 6.45) is 0.543. The highest BCUT2D eigenvalue weighted by Gasteiger charge is 2.41. The Labute approximate surface area is 127 Å². The van der Waals surface area contributed by atoms with Crippen molar-refractivity contribution in [3.05, 3.63) is 47.0 Å². The summed E-state index contributed by atoms with van der Waals surface area (Å²) in [6, 6.07) is 8.58. The van der Waals surface area contributed by atoms with Crippen molar-refractivity contribution in [2.24, 2.45) is 0 Å². The SMILES string of the molecule is COc1cc2c(cc1C=O)C1Oc3cc(O)ccc3C1CO2. The van der Waals surface area contributed by atoms with E-state index in [4.69, 9.17) is 14.2 Å². The Balaban J connectivity index is 1.81. The van der Waals surface area contributed by atoms with Crippen molar-refractivity contribution in [1.82, 2.24) is 0 Å². The van der Waals surface area contributed by atoms with Crippen molar-refractivity contribution in [3.8, 4) is 23.0 Å². The summed E-state index contributed by atoms with van der Waals surface area (Å²) >= 11 is 0. The van der Waals surface area contributed by atoms with E-state index in [1.165, 1.54) is 7.11 Å². The first-order valence-electron chi connectivity index (χ1n) is 7.00. The van der Waals surface area contributed by atoms with Gasteiger partial charge in [-0.15, -0.1) is 0 Å². The topological polar surface area (TPSA) is 65.0 Å². The predicted molar refractivity (Wildman–Crippen MR) is 78.1 cm³/mol. The number of carbonyl (C=O) groups excluding carboxylic acids is 1. The fourth-order valence-electron chi connectivity index (χ4n) is 3.16. The maximum atomic E-state index is 11.2. The van der Waals surface area contributed by atoms with Crippen LogP contribution < -0.4 is 14.2 Å². The Morgan fingerprint density at radius 1 is 1.23 bits per heavy atom. The molecule has 2 unspecified atom stereocenters. The van der Waals surface area contributed by atoms with E-state index in [2.05, 4.69) is 0 Å². The number of ether oxygens (including phenoxy) is 3. The third kappa shape index (κ3) is 1.75. The molecule has 0 saturated heterocycles. The van der Waals surface area contributed by atoms with Gasteiger partial charge >= 0.3 is 0 Å². The first-order valence-corrected chi connectivity index (χ1v) is 7.00. The summed E-state index contributed by atoms with van der Waals surface area (Å²) in [7, 11) is 1.52. The molecule has 22 heavy (non-hydrogen) atoms. The van der Waals surface area contributed by atoms with Crippen LogP contribution in [0.1, 0.15) is 33.5 Å². The molecule has 0 fully saturated rings. The van der Waals surface area contributed by atoms with E-state index >= 15 is 0 Å². The Morgan fingerprint density at radius 2 is 2.09 bits per heavy atom. The van der Waals surface area contributed by atoms with Crippen LogP contribution in [0, 0.1) is 0 Å². The summed E-state index contributed by atoms with van der Waals surface area (Å²) in [5.74, 6) is 2.04. The van der Waals surface area contributed by atoms with Crippen molar-refractivity contribution in [3.63, 3.8) is 0 Å². The lowest BCUT2D eigenvalue weighted by Gasteiger charge is -2.28. The Bertz CT molecular complexity index is 768. The van der Waals surface area contributed by atoms with Gasteiger partial charge in [0, 0.05) is 23.3 Å². The molecule has 0 bridgehead atoms. The van der Waals surface area contributed by atoms with Crippen LogP contribution in [0.3, 0.4) is 0 Å². The highest BCUT2D eigenvalue weighted by molar-refractivity contribution is 5.81. The number of hydrogen-bond donors (Lipinski definition) is 1. The molecule has 0 spiro atoms. The Kier molecular flexibility index (Phi) is 2.76. The molecule has 0 saturated carbocycles. The van der Waals surface area contributed by atoms with Gasteiger partial charge in [0.2, 0.25) is 0 Å². The molecule has 4 rings (SSSR count). The van der Waals surface area contributed by atoms with Crippen molar-refractivity contribution < 1.29 is 24.1 Å². The lowest BCUT2D eigenvalue weighted by Crippen LogP contribution is -2.23. The molecule has 2 aliphatic rings. The average Bonchev–Trinajstić information content (AvgIpc) is 2.91. The van der Waals surface area contributed by atoms with Crippen LogP contribution in [-0.4, -0.2) is 25.1 Å². The molecule has 0 aliphatic carbocycles. The molecule has 2 aromatic carbocycles. The van der Waals surface area contributed by atoms with Gasteiger partial charge in [-0.05, 0) is 12.1 Å². The highest BCUT2D eigenvalue weighted by Crippen LogP contribution is 2.52. The molecule has 2 heterocycles. The molecule has 1 N–H and O–H groups in total. The third-order valence-corrected chi connectivity index (χ3v) is 4.23. The van der Waals surface area contributed by atoms with Crippen molar-refractivity contribution in [2.75, 3.05) is 13.7 Å². The number of phenols is 1. The second-order valence-corrected chi connectivity index (χ2v) is 5.43. The zero-order valence-electron chi connectivity index (χ0n) is 11.9. The zero-order chi connectivity index (χ0) is 15.3. The summed E-state index contributed by atoms with van der Waals surface area (Å²) < 4.78 is 17.0. The number of benzene rings is 2. The number of aromatic hydroxyl groups is 1. The van der Waals surface area contributed by atoms with E-state index in [-0.39, 0.29) is 17.8 Å². The van der Waals surface area contributed by atoms with E-state index in [1.54, 1.807) is 24.3 Å². The molecule has 112 valence electrons. The third-order valence-electron chi connectivity index (χ3n) is 4.23. The highest BCUT2D eigenvalue weighted by atomic mass is 16.5. The van der Waals surface area contributed by atoms with E-state index in [9.17, 15) is 9.90 Å². The number of carbonyl (C=O) groups is 1. The van der Waals surface area contributed by atoms with Gasteiger partial charge in [0.05, 0.1) is 25.2 Å². The first-order chi connectivity index (χ1) is 10.7. The molecule has 5 heteroatoms. The maximum Gasteiger partial charge on any atom is 0.153 e. The van der Waals surface area contributed by atoms with Crippen LogP contribution in [0.25, 0.3) is 0 Å². The summed E-state index contributed by atoms with van der Waals surface area (Å²) in [6.45, 7) is 0.485. The van der Waals surface area contributed by atoms with Crippen molar-refractivity contribution in [1.29, 1.82) is 0 Å². The quantitative estimate of drug-likeness (QED) is 0.864. The second kappa shape index (κ2) is 4.66. The van der Waals surface area contributed by atoms with Gasteiger partial charge in [-0.2, -0.15) is 0 Å². The molecular formula is C17H14O5. The van der Waals surface area contributed by atoms with Gasteiger partial charge in [-0.1, -0.05) is 6.07 Å². The Hall–Kier alpha value is -2.69. The first kappa shape index (κ1) is 13.0. The zero-order valence-corrected chi connectivity index (χ0v) is 11.9. The largest absolute Gasteiger partial charge is 0.508 e. The standard InChI is InChI=1S/C17H14O5/c1-20-14-6-15-12(4-9(14)7-18)17-13(8-21-15)11-3-2-10(19)5-16(11)22-17/h2-7,13,17,19H,8H2,1H3.